The molecule has 1 heterocycles. The Labute approximate surface area is 116 Å². The summed E-state index contributed by atoms with van der Waals surface area (Å²) >= 11 is 0. The van der Waals surface area contributed by atoms with Crippen molar-refractivity contribution in [2.24, 2.45) is 0 Å². The number of pyridine rings is 1. The zero-order valence-electron chi connectivity index (χ0n) is 11.0. The van der Waals surface area contributed by atoms with Crippen molar-refractivity contribution in [3.63, 3.8) is 0 Å². The summed E-state index contributed by atoms with van der Waals surface area (Å²) in [6, 6.07) is 11.4. The van der Waals surface area contributed by atoms with E-state index in [0.717, 1.165) is 5.69 Å². The first-order chi connectivity index (χ1) is 9.58. The molecule has 20 heavy (non-hydrogen) atoms. The summed E-state index contributed by atoms with van der Waals surface area (Å²) in [5, 5.41) is 8.81. The van der Waals surface area contributed by atoms with Gasteiger partial charge in [0.25, 0.3) is 5.91 Å². The van der Waals surface area contributed by atoms with Crippen molar-refractivity contribution in [1.29, 1.82) is 0 Å². The third-order valence-corrected chi connectivity index (χ3v) is 2.85. The summed E-state index contributed by atoms with van der Waals surface area (Å²) in [6.45, 7) is 0.403. The number of aromatic nitrogens is 1. The van der Waals surface area contributed by atoms with Gasteiger partial charge in [0.15, 0.2) is 0 Å². The fourth-order valence-corrected chi connectivity index (χ4v) is 1.78. The Morgan fingerprint density at radius 2 is 1.75 bits per heavy atom. The molecule has 0 fully saturated rings. The van der Waals surface area contributed by atoms with Crippen molar-refractivity contribution in [3.05, 3.63) is 65.5 Å². The minimum atomic E-state index is -1.01. The average Bonchev–Trinajstić information content (AvgIpc) is 2.47. The minimum absolute atomic E-state index is 0.161. The van der Waals surface area contributed by atoms with E-state index in [1.54, 1.807) is 13.2 Å². The number of aromatic carboxylic acids is 1. The van der Waals surface area contributed by atoms with E-state index in [4.69, 9.17) is 5.11 Å². The molecule has 2 aromatic rings. The van der Waals surface area contributed by atoms with Gasteiger partial charge in [-0.3, -0.25) is 9.78 Å². The second-order valence-electron chi connectivity index (χ2n) is 4.36. The van der Waals surface area contributed by atoms with Gasteiger partial charge < -0.3 is 10.0 Å². The third-order valence-electron chi connectivity index (χ3n) is 2.85. The maximum Gasteiger partial charge on any atom is 0.335 e. The number of carboxylic acid groups (broad SMARTS) is 1. The monoisotopic (exact) mass is 270 g/mol. The second kappa shape index (κ2) is 5.97. The van der Waals surface area contributed by atoms with Crippen molar-refractivity contribution in [2.45, 2.75) is 6.54 Å². The van der Waals surface area contributed by atoms with Crippen LogP contribution in [0.15, 0.2) is 48.7 Å². The lowest BCUT2D eigenvalue weighted by Crippen LogP contribution is -2.26. The van der Waals surface area contributed by atoms with Crippen LogP contribution >= 0.6 is 0 Å². The molecule has 102 valence electrons. The molecule has 1 aromatic carbocycles. The first-order valence-corrected chi connectivity index (χ1v) is 6.06. The number of hydrogen-bond acceptors (Lipinski definition) is 3. The van der Waals surface area contributed by atoms with E-state index in [0.29, 0.717) is 12.1 Å². The summed E-state index contributed by atoms with van der Waals surface area (Å²) in [4.78, 5) is 28.6. The molecule has 0 aliphatic rings. The summed E-state index contributed by atoms with van der Waals surface area (Å²) in [5.41, 5.74) is 1.41. The number of carbonyl (C=O) groups is 2. The lowest BCUT2D eigenvalue weighted by Gasteiger charge is -2.16. The van der Waals surface area contributed by atoms with Crippen LogP contribution in [0.1, 0.15) is 26.4 Å². The number of hydrogen-bond donors (Lipinski definition) is 1. The van der Waals surface area contributed by atoms with Gasteiger partial charge in [0.05, 0.1) is 17.8 Å². The number of benzene rings is 1. The van der Waals surface area contributed by atoms with Crippen molar-refractivity contribution < 1.29 is 14.7 Å². The van der Waals surface area contributed by atoms with E-state index in [1.807, 2.05) is 18.2 Å². The molecule has 1 amide bonds. The second-order valence-corrected chi connectivity index (χ2v) is 4.36. The topological polar surface area (TPSA) is 70.5 Å². The van der Waals surface area contributed by atoms with Gasteiger partial charge in [-0.05, 0) is 36.4 Å². The summed E-state index contributed by atoms with van der Waals surface area (Å²) in [5.74, 6) is -1.18. The van der Waals surface area contributed by atoms with Crippen LogP contribution in [0.25, 0.3) is 0 Å². The fourth-order valence-electron chi connectivity index (χ4n) is 1.78. The number of rotatable bonds is 4. The molecule has 0 aliphatic carbocycles. The fraction of sp³-hybridized carbons (Fsp3) is 0.133. The van der Waals surface area contributed by atoms with Gasteiger partial charge in [-0.25, -0.2) is 4.79 Å². The molecule has 0 saturated heterocycles. The summed E-state index contributed by atoms with van der Waals surface area (Å²) in [7, 11) is 1.68. The first-order valence-electron chi connectivity index (χ1n) is 6.06. The maximum atomic E-state index is 12.2. The number of carbonyl (C=O) groups excluding carboxylic acids is 1. The van der Waals surface area contributed by atoms with Gasteiger partial charge in [-0.1, -0.05) is 6.07 Å². The molecule has 0 radical (unpaired) electrons. The quantitative estimate of drug-likeness (QED) is 0.923. The van der Waals surface area contributed by atoms with E-state index >= 15 is 0 Å². The Morgan fingerprint density at radius 1 is 1.10 bits per heavy atom. The molecule has 2 rings (SSSR count). The van der Waals surface area contributed by atoms with Gasteiger partial charge in [-0.2, -0.15) is 0 Å². The van der Waals surface area contributed by atoms with Crippen molar-refractivity contribution in [2.75, 3.05) is 7.05 Å². The predicted octanol–water partition coefficient (Wildman–Crippen LogP) is 2.05. The first kappa shape index (κ1) is 13.7. The third kappa shape index (κ3) is 3.20. The maximum absolute atomic E-state index is 12.2. The van der Waals surface area contributed by atoms with E-state index in [2.05, 4.69) is 4.98 Å². The Hall–Kier alpha value is -2.69. The molecular weight excluding hydrogens is 256 g/mol. The van der Waals surface area contributed by atoms with Crippen LogP contribution in [-0.4, -0.2) is 33.9 Å². The predicted molar refractivity (Wildman–Crippen MR) is 73.4 cm³/mol. The van der Waals surface area contributed by atoms with Gasteiger partial charge in [-0.15, -0.1) is 0 Å². The molecule has 0 spiro atoms. The lowest BCUT2D eigenvalue weighted by atomic mass is 10.1. The van der Waals surface area contributed by atoms with Crippen molar-refractivity contribution >= 4 is 11.9 Å². The van der Waals surface area contributed by atoms with Gasteiger partial charge in [0, 0.05) is 18.8 Å². The van der Waals surface area contributed by atoms with Gasteiger partial charge in [0.2, 0.25) is 0 Å². The highest BCUT2D eigenvalue weighted by atomic mass is 16.4. The van der Waals surface area contributed by atoms with E-state index in [1.165, 1.54) is 29.2 Å². The van der Waals surface area contributed by atoms with E-state index < -0.39 is 5.97 Å². The molecule has 5 nitrogen and oxygen atoms in total. The molecule has 0 atom stereocenters. The molecule has 0 unspecified atom stereocenters. The Kier molecular flexibility index (Phi) is 4.10. The van der Waals surface area contributed by atoms with Crippen LogP contribution in [-0.2, 0) is 6.54 Å². The summed E-state index contributed by atoms with van der Waals surface area (Å²) < 4.78 is 0. The van der Waals surface area contributed by atoms with Gasteiger partial charge in [0.1, 0.15) is 0 Å². The zero-order valence-corrected chi connectivity index (χ0v) is 11.0. The number of amides is 1. The average molecular weight is 270 g/mol. The van der Waals surface area contributed by atoms with Crippen LogP contribution in [0.2, 0.25) is 0 Å². The summed E-state index contributed by atoms with van der Waals surface area (Å²) in [6.07, 6.45) is 1.68. The van der Waals surface area contributed by atoms with Crippen LogP contribution in [0.4, 0.5) is 0 Å². The molecule has 1 aromatic heterocycles. The molecular formula is C15H14N2O3. The standard InChI is InChI=1S/C15H14N2O3/c1-17(10-13-4-2-3-9-16-13)14(18)11-5-7-12(8-6-11)15(19)20/h2-9H,10H2,1H3,(H,19,20). The van der Waals surface area contributed by atoms with Crippen molar-refractivity contribution in [3.8, 4) is 0 Å². The van der Waals surface area contributed by atoms with Crippen LogP contribution < -0.4 is 0 Å². The van der Waals surface area contributed by atoms with Crippen LogP contribution in [0.5, 0.6) is 0 Å². The van der Waals surface area contributed by atoms with Gasteiger partial charge >= 0.3 is 5.97 Å². The molecule has 1 N–H and O–H groups in total. The highest BCUT2D eigenvalue weighted by molar-refractivity contribution is 5.95. The largest absolute Gasteiger partial charge is 0.478 e. The lowest BCUT2D eigenvalue weighted by molar-refractivity contribution is 0.0695. The van der Waals surface area contributed by atoms with Crippen molar-refractivity contribution in [1.82, 2.24) is 9.88 Å². The van der Waals surface area contributed by atoms with E-state index in [9.17, 15) is 9.59 Å². The molecule has 0 saturated carbocycles. The zero-order chi connectivity index (χ0) is 14.5. The molecule has 5 heteroatoms. The van der Waals surface area contributed by atoms with Crippen LogP contribution in [0.3, 0.4) is 0 Å². The molecule has 0 aliphatic heterocycles. The Bertz CT molecular complexity index is 609. The SMILES string of the molecule is CN(Cc1ccccn1)C(=O)c1ccc(C(=O)O)cc1. The highest BCUT2D eigenvalue weighted by Gasteiger charge is 2.13. The minimum Gasteiger partial charge on any atom is -0.478 e. The van der Waals surface area contributed by atoms with E-state index in [-0.39, 0.29) is 11.5 Å². The Morgan fingerprint density at radius 3 is 2.30 bits per heavy atom. The highest BCUT2D eigenvalue weighted by Crippen LogP contribution is 2.09. The molecule has 0 bridgehead atoms. The Balaban J connectivity index is 2.08. The van der Waals surface area contributed by atoms with Crippen LogP contribution in [0, 0.1) is 0 Å². The number of nitrogens with zero attached hydrogens (tertiary/aromatic N) is 2. The normalized spacial score (nSPS) is 10.1. The smallest absolute Gasteiger partial charge is 0.335 e. The number of carboxylic acids is 1.